The summed E-state index contributed by atoms with van der Waals surface area (Å²) in [7, 11) is 0. The van der Waals surface area contributed by atoms with Gasteiger partial charge in [-0.2, -0.15) is 0 Å². The minimum absolute atomic E-state index is 0.235. The van der Waals surface area contributed by atoms with Gasteiger partial charge in [-0.25, -0.2) is 4.98 Å². The maximum Gasteiger partial charge on any atom is 0.219 e. The Morgan fingerprint density at radius 3 is 2.60 bits per heavy atom. The number of aromatic nitrogens is 2. The van der Waals surface area contributed by atoms with Gasteiger partial charge in [0, 0.05) is 50.2 Å². The van der Waals surface area contributed by atoms with E-state index in [2.05, 4.69) is 39.0 Å². The zero-order valence-corrected chi connectivity index (χ0v) is 14.8. The third-order valence-electron chi connectivity index (χ3n) is 5.69. The van der Waals surface area contributed by atoms with Crippen LogP contribution in [-0.2, 0) is 11.3 Å². The Labute approximate surface area is 149 Å². The van der Waals surface area contributed by atoms with Crippen molar-refractivity contribution in [1.82, 2.24) is 19.4 Å². The van der Waals surface area contributed by atoms with Crippen molar-refractivity contribution in [2.45, 2.75) is 51.2 Å². The molecule has 0 saturated carbocycles. The van der Waals surface area contributed by atoms with Gasteiger partial charge in [-0.1, -0.05) is 12.1 Å². The first-order valence-corrected chi connectivity index (χ1v) is 9.31. The maximum absolute atomic E-state index is 11.9. The van der Waals surface area contributed by atoms with Crippen LogP contribution in [0.5, 0.6) is 0 Å². The molecule has 0 spiro atoms. The first-order chi connectivity index (χ1) is 12.2. The number of carbonyl (C=O) groups excluding carboxylic acids is 1. The van der Waals surface area contributed by atoms with Crippen LogP contribution in [0.4, 0.5) is 0 Å². The van der Waals surface area contributed by atoms with Crippen LogP contribution in [0.15, 0.2) is 43.0 Å². The zero-order chi connectivity index (χ0) is 17.2. The van der Waals surface area contributed by atoms with Crippen LogP contribution in [0.2, 0.25) is 0 Å². The molecular weight excluding hydrogens is 312 g/mol. The molecule has 2 fully saturated rings. The van der Waals surface area contributed by atoms with Crippen LogP contribution >= 0.6 is 0 Å². The number of hydrogen-bond donors (Lipinski definition) is 0. The number of likely N-dealkylation sites (tertiary alicyclic amines) is 2. The topological polar surface area (TPSA) is 41.4 Å². The molecule has 4 rings (SSSR count). The highest BCUT2D eigenvalue weighted by Gasteiger charge is 2.38. The highest BCUT2D eigenvalue weighted by Crippen LogP contribution is 2.31. The van der Waals surface area contributed by atoms with Gasteiger partial charge in [-0.05, 0) is 49.9 Å². The zero-order valence-electron chi connectivity index (χ0n) is 14.8. The third kappa shape index (κ3) is 3.33. The number of carbonyl (C=O) groups is 1. The Morgan fingerprint density at radius 2 is 1.88 bits per heavy atom. The molecule has 0 bridgehead atoms. The highest BCUT2D eigenvalue weighted by molar-refractivity contribution is 5.74. The van der Waals surface area contributed by atoms with E-state index in [1.807, 2.05) is 17.1 Å². The average Bonchev–Trinajstić information content (AvgIpc) is 3.36. The van der Waals surface area contributed by atoms with Gasteiger partial charge in [0.05, 0.1) is 6.33 Å². The molecule has 0 N–H and O–H groups in total. The quantitative estimate of drug-likeness (QED) is 0.861. The van der Waals surface area contributed by atoms with Crippen LogP contribution < -0.4 is 0 Å². The van der Waals surface area contributed by atoms with E-state index in [4.69, 9.17) is 0 Å². The predicted octanol–water partition coefficient (Wildman–Crippen LogP) is 2.85. The maximum atomic E-state index is 11.9. The van der Waals surface area contributed by atoms with Gasteiger partial charge in [-0.15, -0.1) is 0 Å². The summed E-state index contributed by atoms with van der Waals surface area (Å²) in [5.74, 6) is 0.235. The highest BCUT2D eigenvalue weighted by atomic mass is 16.2. The molecule has 2 atom stereocenters. The molecule has 0 aliphatic carbocycles. The van der Waals surface area contributed by atoms with Gasteiger partial charge in [0.25, 0.3) is 0 Å². The molecule has 3 heterocycles. The molecule has 5 nitrogen and oxygen atoms in total. The smallest absolute Gasteiger partial charge is 0.219 e. The second-order valence-electron chi connectivity index (χ2n) is 7.24. The number of benzene rings is 1. The molecule has 0 radical (unpaired) electrons. The fraction of sp³-hybridized carbons (Fsp3) is 0.500. The van der Waals surface area contributed by atoms with Gasteiger partial charge in [0.15, 0.2) is 0 Å². The van der Waals surface area contributed by atoms with Crippen molar-refractivity contribution < 1.29 is 4.79 Å². The summed E-state index contributed by atoms with van der Waals surface area (Å²) in [6.45, 7) is 4.75. The molecule has 5 heteroatoms. The van der Waals surface area contributed by atoms with Crippen molar-refractivity contribution in [1.29, 1.82) is 0 Å². The van der Waals surface area contributed by atoms with Crippen LogP contribution in [0.25, 0.3) is 5.69 Å². The average molecular weight is 338 g/mol. The van der Waals surface area contributed by atoms with Gasteiger partial charge in [0.1, 0.15) is 0 Å². The second kappa shape index (κ2) is 7.00. The van der Waals surface area contributed by atoms with Crippen molar-refractivity contribution in [3.63, 3.8) is 0 Å². The number of hydrogen-bond acceptors (Lipinski definition) is 3. The largest absolute Gasteiger partial charge is 0.338 e. The van der Waals surface area contributed by atoms with Crippen molar-refractivity contribution >= 4 is 5.91 Å². The number of amides is 1. The lowest BCUT2D eigenvalue weighted by molar-refractivity contribution is -0.130. The van der Waals surface area contributed by atoms with Crippen molar-refractivity contribution in [2.24, 2.45) is 0 Å². The first kappa shape index (κ1) is 16.3. The van der Waals surface area contributed by atoms with Crippen LogP contribution in [-0.4, -0.2) is 50.4 Å². The van der Waals surface area contributed by atoms with Crippen molar-refractivity contribution in [3.8, 4) is 5.69 Å². The molecule has 1 aromatic carbocycles. The summed E-state index contributed by atoms with van der Waals surface area (Å²) in [6.07, 6.45) is 10.3. The predicted molar refractivity (Wildman–Crippen MR) is 97.4 cm³/mol. The van der Waals surface area contributed by atoms with Crippen LogP contribution in [0.3, 0.4) is 0 Å². The van der Waals surface area contributed by atoms with Crippen LogP contribution in [0.1, 0.15) is 38.2 Å². The number of imidazole rings is 1. The third-order valence-corrected chi connectivity index (χ3v) is 5.69. The van der Waals surface area contributed by atoms with E-state index >= 15 is 0 Å². The Kier molecular flexibility index (Phi) is 4.57. The summed E-state index contributed by atoms with van der Waals surface area (Å²) in [4.78, 5) is 20.7. The standard InChI is InChI=1S/C20H26N4O/c1-16(25)24-12-3-5-20(24)19-4-2-11-22(19)14-17-6-8-18(9-7-17)23-13-10-21-15-23/h6-10,13,15,19-20H,2-5,11-12,14H2,1H3/t19-,20-/m1/s1. The summed E-state index contributed by atoms with van der Waals surface area (Å²) in [6, 6.07) is 9.65. The van der Waals surface area contributed by atoms with Crippen LogP contribution in [0, 0.1) is 0 Å². The Balaban J connectivity index is 1.45. The van der Waals surface area contributed by atoms with E-state index in [0.29, 0.717) is 12.1 Å². The molecule has 25 heavy (non-hydrogen) atoms. The minimum atomic E-state index is 0.235. The second-order valence-corrected chi connectivity index (χ2v) is 7.24. The fourth-order valence-electron chi connectivity index (χ4n) is 4.49. The number of nitrogens with zero attached hydrogens (tertiary/aromatic N) is 4. The Bertz CT molecular complexity index is 710. The monoisotopic (exact) mass is 338 g/mol. The van der Waals surface area contributed by atoms with Gasteiger partial charge < -0.3 is 9.47 Å². The summed E-state index contributed by atoms with van der Waals surface area (Å²) >= 11 is 0. The number of rotatable bonds is 4. The lowest BCUT2D eigenvalue weighted by Crippen LogP contribution is -2.47. The van der Waals surface area contributed by atoms with Crippen molar-refractivity contribution in [2.75, 3.05) is 13.1 Å². The molecule has 2 aliphatic rings. The SMILES string of the molecule is CC(=O)N1CCC[C@@H]1[C@H]1CCCN1Cc1ccc(-n2ccnc2)cc1. The molecule has 1 amide bonds. The van der Waals surface area contributed by atoms with E-state index in [-0.39, 0.29) is 5.91 Å². The minimum Gasteiger partial charge on any atom is -0.338 e. The summed E-state index contributed by atoms with van der Waals surface area (Å²) in [5.41, 5.74) is 2.47. The van der Waals surface area contributed by atoms with E-state index < -0.39 is 0 Å². The van der Waals surface area contributed by atoms with E-state index in [0.717, 1.165) is 38.2 Å². The molecule has 2 aromatic rings. The van der Waals surface area contributed by atoms with E-state index in [1.165, 1.54) is 18.4 Å². The van der Waals surface area contributed by atoms with E-state index in [9.17, 15) is 4.79 Å². The summed E-state index contributed by atoms with van der Waals surface area (Å²) in [5, 5.41) is 0. The van der Waals surface area contributed by atoms with Crippen molar-refractivity contribution in [3.05, 3.63) is 48.5 Å². The molecule has 1 aromatic heterocycles. The fourth-order valence-corrected chi connectivity index (χ4v) is 4.49. The normalized spacial score (nSPS) is 24.1. The van der Waals surface area contributed by atoms with Gasteiger partial charge >= 0.3 is 0 Å². The van der Waals surface area contributed by atoms with Gasteiger partial charge in [-0.3, -0.25) is 9.69 Å². The van der Waals surface area contributed by atoms with E-state index in [1.54, 1.807) is 13.1 Å². The molecule has 0 unspecified atom stereocenters. The Hall–Kier alpha value is -2.14. The van der Waals surface area contributed by atoms with Gasteiger partial charge in [0.2, 0.25) is 5.91 Å². The lowest BCUT2D eigenvalue weighted by Gasteiger charge is -2.34. The Morgan fingerprint density at radius 1 is 1.12 bits per heavy atom. The lowest BCUT2D eigenvalue weighted by atomic mass is 10.0. The molecule has 132 valence electrons. The molecule has 2 aliphatic heterocycles. The first-order valence-electron chi connectivity index (χ1n) is 9.31. The molecular formula is C20H26N4O. The summed E-state index contributed by atoms with van der Waals surface area (Å²) < 4.78 is 2.02. The molecule has 2 saturated heterocycles.